The number of carbonyl (C=O) groups excluding carboxylic acids is 2. The Hall–Kier alpha value is -3.59. The second kappa shape index (κ2) is 9.04. The monoisotopic (exact) mass is 351 g/mol. The SMILES string of the molecule is COC(=O)C(C#N)=Cc1ccc(OCc2ccc(C(=O)OC)cc2)cc1. The molecule has 0 radical (unpaired) electrons. The molecule has 0 saturated carbocycles. The summed E-state index contributed by atoms with van der Waals surface area (Å²) in [5, 5.41) is 8.95. The largest absolute Gasteiger partial charge is 0.489 e. The fraction of sp³-hybridized carbons (Fsp3) is 0.150. The van der Waals surface area contributed by atoms with E-state index in [-0.39, 0.29) is 11.5 Å². The molecule has 26 heavy (non-hydrogen) atoms. The lowest BCUT2D eigenvalue weighted by molar-refractivity contribution is -0.135. The van der Waals surface area contributed by atoms with Gasteiger partial charge >= 0.3 is 11.9 Å². The van der Waals surface area contributed by atoms with E-state index in [4.69, 9.17) is 10.00 Å². The molecule has 132 valence electrons. The zero-order valence-corrected chi connectivity index (χ0v) is 14.4. The number of nitrogens with zero attached hydrogens (tertiary/aromatic N) is 1. The van der Waals surface area contributed by atoms with E-state index in [1.165, 1.54) is 20.3 Å². The highest BCUT2D eigenvalue weighted by molar-refractivity contribution is 5.97. The van der Waals surface area contributed by atoms with Crippen molar-refractivity contribution in [2.24, 2.45) is 0 Å². The lowest BCUT2D eigenvalue weighted by atomic mass is 10.1. The van der Waals surface area contributed by atoms with E-state index in [9.17, 15) is 9.59 Å². The molecule has 0 unspecified atom stereocenters. The number of methoxy groups -OCH3 is 2. The molecule has 2 aromatic rings. The van der Waals surface area contributed by atoms with Crippen LogP contribution in [0.3, 0.4) is 0 Å². The summed E-state index contributed by atoms with van der Waals surface area (Å²) in [7, 11) is 2.56. The number of esters is 2. The van der Waals surface area contributed by atoms with Crippen LogP contribution in [0.1, 0.15) is 21.5 Å². The highest BCUT2D eigenvalue weighted by atomic mass is 16.5. The van der Waals surface area contributed by atoms with Crippen LogP contribution in [0.2, 0.25) is 0 Å². The van der Waals surface area contributed by atoms with Crippen LogP contribution in [-0.4, -0.2) is 26.2 Å². The maximum Gasteiger partial charge on any atom is 0.348 e. The summed E-state index contributed by atoms with van der Waals surface area (Å²) in [5.41, 5.74) is 1.99. The third kappa shape index (κ3) is 4.95. The van der Waals surface area contributed by atoms with Gasteiger partial charge in [0.25, 0.3) is 0 Å². The van der Waals surface area contributed by atoms with E-state index in [0.717, 1.165) is 5.56 Å². The van der Waals surface area contributed by atoms with Crippen molar-refractivity contribution in [3.63, 3.8) is 0 Å². The molecule has 0 aliphatic carbocycles. The summed E-state index contributed by atoms with van der Waals surface area (Å²) >= 11 is 0. The number of benzene rings is 2. The summed E-state index contributed by atoms with van der Waals surface area (Å²) in [4.78, 5) is 22.8. The van der Waals surface area contributed by atoms with Gasteiger partial charge in [0.15, 0.2) is 0 Å². The lowest BCUT2D eigenvalue weighted by Crippen LogP contribution is -2.02. The van der Waals surface area contributed by atoms with Crippen LogP contribution in [0.15, 0.2) is 54.1 Å². The Morgan fingerprint density at radius 1 is 1.00 bits per heavy atom. The molecule has 0 amide bonds. The molecule has 0 aliphatic rings. The zero-order valence-electron chi connectivity index (χ0n) is 14.4. The van der Waals surface area contributed by atoms with Crippen LogP contribution in [0.5, 0.6) is 5.75 Å². The molecule has 0 bridgehead atoms. The Balaban J connectivity index is 1.99. The van der Waals surface area contributed by atoms with E-state index in [1.807, 2.05) is 0 Å². The molecule has 0 heterocycles. The van der Waals surface area contributed by atoms with Crippen molar-refractivity contribution in [2.45, 2.75) is 6.61 Å². The van der Waals surface area contributed by atoms with Gasteiger partial charge in [-0.25, -0.2) is 9.59 Å². The van der Waals surface area contributed by atoms with Gasteiger partial charge in [-0.3, -0.25) is 0 Å². The summed E-state index contributed by atoms with van der Waals surface area (Å²) in [5.74, 6) is -0.427. The Morgan fingerprint density at radius 2 is 1.65 bits per heavy atom. The first kappa shape index (κ1) is 18.7. The average molecular weight is 351 g/mol. The molecule has 2 rings (SSSR count). The van der Waals surface area contributed by atoms with Gasteiger partial charge in [-0.05, 0) is 41.5 Å². The van der Waals surface area contributed by atoms with Crippen LogP contribution < -0.4 is 4.74 Å². The van der Waals surface area contributed by atoms with Gasteiger partial charge in [-0.15, -0.1) is 0 Å². The highest BCUT2D eigenvalue weighted by Gasteiger charge is 2.08. The minimum Gasteiger partial charge on any atom is -0.489 e. The lowest BCUT2D eigenvalue weighted by Gasteiger charge is -2.07. The van der Waals surface area contributed by atoms with Gasteiger partial charge in [-0.1, -0.05) is 24.3 Å². The van der Waals surface area contributed by atoms with Crippen molar-refractivity contribution in [2.75, 3.05) is 14.2 Å². The Kier molecular flexibility index (Phi) is 6.52. The first-order valence-corrected chi connectivity index (χ1v) is 7.67. The Labute approximate surface area is 151 Å². The van der Waals surface area contributed by atoms with Gasteiger partial charge in [0.1, 0.15) is 24.0 Å². The fourth-order valence-corrected chi connectivity index (χ4v) is 2.10. The Bertz CT molecular complexity index is 845. The molecule has 0 spiro atoms. The standard InChI is InChI=1S/C20H17NO5/c1-24-19(22)16-7-3-15(4-8-16)13-26-18-9-5-14(6-10-18)11-17(12-21)20(23)25-2/h3-11H,13H2,1-2H3. The molecular weight excluding hydrogens is 334 g/mol. The van der Waals surface area contributed by atoms with Crippen molar-refractivity contribution >= 4 is 18.0 Å². The molecule has 2 aromatic carbocycles. The molecular formula is C20H17NO5. The predicted molar refractivity (Wildman–Crippen MR) is 94.2 cm³/mol. The minimum absolute atomic E-state index is 0.0770. The van der Waals surface area contributed by atoms with E-state index in [0.29, 0.717) is 23.5 Å². The van der Waals surface area contributed by atoms with E-state index < -0.39 is 5.97 Å². The summed E-state index contributed by atoms with van der Waals surface area (Å²) in [6, 6.07) is 15.7. The van der Waals surface area contributed by atoms with Crippen molar-refractivity contribution < 1.29 is 23.8 Å². The molecule has 6 nitrogen and oxygen atoms in total. The number of carbonyl (C=O) groups is 2. The molecule has 0 atom stereocenters. The quantitative estimate of drug-likeness (QED) is 0.451. The number of nitriles is 1. The van der Waals surface area contributed by atoms with Gasteiger partial charge in [0, 0.05) is 0 Å². The summed E-state index contributed by atoms with van der Waals surface area (Å²) < 4.78 is 14.9. The first-order chi connectivity index (χ1) is 12.6. The van der Waals surface area contributed by atoms with Crippen molar-refractivity contribution in [1.29, 1.82) is 5.26 Å². The molecule has 6 heteroatoms. The van der Waals surface area contributed by atoms with Crippen LogP contribution >= 0.6 is 0 Å². The maximum absolute atomic E-state index is 11.4. The number of ether oxygens (including phenoxy) is 3. The summed E-state index contributed by atoms with van der Waals surface area (Å²) in [6.07, 6.45) is 1.45. The maximum atomic E-state index is 11.4. The van der Waals surface area contributed by atoms with Gasteiger partial charge < -0.3 is 14.2 Å². The third-order valence-electron chi connectivity index (χ3n) is 3.50. The van der Waals surface area contributed by atoms with E-state index in [1.54, 1.807) is 54.6 Å². The summed E-state index contributed by atoms with van der Waals surface area (Å²) in [6.45, 7) is 0.336. The molecule has 0 aliphatic heterocycles. The Morgan fingerprint density at radius 3 is 2.19 bits per heavy atom. The van der Waals surface area contributed by atoms with Crippen LogP contribution in [-0.2, 0) is 20.9 Å². The van der Waals surface area contributed by atoms with Crippen LogP contribution in [0, 0.1) is 11.3 Å². The second-order valence-electron chi connectivity index (χ2n) is 5.21. The number of hydrogen-bond donors (Lipinski definition) is 0. The predicted octanol–water partition coefficient (Wildman–Crippen LogP) is 3.13. The van der Waals surface area contributed by atoms with Crippen molar-refractivity contribution in [3.05, 3.63) is 70.8 Å². The smallest absolute Gasteiger partial charge is 0.348 e. The van der Waals surface area contributed by atoms with Crippen LogP contribution in [0.25, 0.3) is 6.08 Å². The third-order valence-corrected chi connectivity index (χ3v) is 3.50. The average Bonchev–Trinajstić information content (AvgIpc) is 2.70. The zero-order chi connectivity index (χ0) is 18.9. The molecule has 0 N–H and O–H groups in total. The van der Waals surface area contributed by atoms with Crippen molar-refractivity contribution in [3.8, 4) is 11.8 Å². The first-order valence-electron chi connectivity index (χ1n) is 7.67. The minimum atomic E-state index is -0.678. The topological polar surface area (TPSA) is 85.6 Å². The van der Waals surface area contributed by atoms with Crippen molar-refractivity contribution in [1.82, 2.24) is 0 Å². The van der Waals surface area contributed by atoms with E-state index in [2.05, 4.69) is 9.47 Å². The molecule has 0 saturated heterocycles. The number of hydrogen-bond acceptors (Lipinski definition) is 6. The van der Waals surface area contributed by atoms with Gasteiger partial charge in [-0.2, -0.15) is 5.26 Å². The second-order valence-corrected chi connectivity index (χ2v) is 5.21. The fourth-order valence-electron chi connectivity index (χ4n) is 2.10. The van der Waals surface area contributed by atoms with Gasteiger partial charge in [0.2, 0.25) is 0 Å². The molecule has 0 fully saturated rings. The molecule has 0 aromatic heterocycles. The van der Waals surface area contributed by atoms with Crippen LogP contribution in [0.4, 0.5) is 0 Å². The highest BCUT2D eigenvalue weighted by Crippen LogP contribution is 2.17. The van der Waals surface area contributed by atoms with E-state index >= 15 is 0 Å². The number of rotatable bonds is 6. The normalized spacial score (nSPS) is 10.6. The van der Waals surface area contributed by atoms with Gasteiger partial charge in [0.05, 0.1) is 19.8 Å².